The van der Waals surface area contributed by atoms with Crippen LogP contribution in [-0.4, -0.2) is 9.55 Å². The predicted octanol–water partition coefficient (Wildman–Crippen LogP) is 1.60. The van der Waals surface area contributed by atoms with Gasteiger partial charge in [0.25, 0.3) is 5.56 Å². The van der Waals surface area contributed by atoms with Crippen molar-refractivity contribution in [1.29, 1.82) is 0 Å². The lowest BCUT2D eigenvalue weighted by Gasteiger charge is -2.06. The Labute approximate surface area is 116 Å². The third kappa shape index (κ3) is 3.35. The number of aromatic amines is 1. The number of hydrogen-bond donors (Lipinski definition) is 1. The quantitative estimate of drug-likeness (QED) is 0.869. The molecule has 0 amide bonds. The fraction of sp³-hybridized carbons (Fsp3) is 0.0769. The molecule has 1 heterocycles. The van der Waals surface area contributed by atoms with Gasteiger partial charge in [0.2, 0.25) is 0 Å². The average Bonchev–Trinajstić information content (AvgIpc) is 2.44. The fourth-order valence-electron chi connectivity index (χ4n) is 1.71. The van der Waals surface area contributed by atoms with E-state index < -0.39 is 22.9 Å². The summed E-state index contributed by atoms with van der Waals surface area (Å²) in [6, 6.07) is 3.21. The molecule has 21 heavy (non-hydrogen) atoms. The Morgan fingerprint density at radius 2 is 2.00 bits per heavy atom. The minimum absolute atomic E-state index is 0.0387. The van der Waals surface area contributed by atoms with Gasteiger partial charge in [-0.25, -0.2) is 13.6 Å². The normalized spacial score (nSPS) is 11.0. The van der Waals surface area contributed by atoms with Crippen LogP contribution in [-0.2, 0) is 6.54 Å². The molecule has 0 fully saturated rings. The van der Waals surface area contributed by atoms with Crippen LogP contribution in [0.1, 0.15) is 11.1 Å². The smallest absolute Gasteiger partial charge is 0.296 e. The molecule has 0 bridgehead atoms. The van der Waals surface area contributed by atoms with Gasteiger partial charge in [0.05, 0.1) is 18.3 Å². The summed E-state index contributed by atoms with van der Waals surface area (Å²) < 4.78 is 27.0. The van der Waals surface area contributed by atoms with Gasteiger partial charge in [-0.1, -0.05) is 6.07 Å². The van der Waals surface area contributed by atoms with Crippen LogP contribution in [0, 0.1) is 16.5 Å². The molecule has 8 heteroatoms. The summed E-state index contributed by atoms with van der Waals surface area (Å²) in [5.74, 6) is -2.02. The first-order valence-corrected chi connectivity index (χ1v) is 5.78. The molecule has 2 rings (SSSR count). The molecule has 0 saturated heterocycles. The summed E-state index contributed by atoms with van der Waals surface area (Å²) in [7, 11) is 0. The maximum atomic E-state index is 13.1. The number of aromatic nitrogens is 2. The first kappa shape index (κ1) is 14.5. The van der Waals surface area contributed by atoms with Crippen molar-refractivity contribution in [2.45, 2.75) is 6.54 Å². The zero-order valence-electron chi connectivity index (χ0n) is 10.5. The second-order valence-electron chi connectivity index (χ2n) is 4.14. The van der Waals surface area contributed by atoms with E-state index in [1.54, 1.807) is 0 Å². The molecule has 6 nitrogen and oxygen atoms in total. The van der Waals surface area contributed by atoms with E-state index in [0.29, 0.717) is 5.56 Å². The maximum absolute atomic E-state index is 13.1. The van der Waals surface area contributed by atoms with E-state index in [9.17, 15) is 23.3 Å². The van der Waals surface area contributed by atoms with E-state index in [2.05, 4.69) is 10.2 Å². The van der Waals surface area contributed by atoms with Crippen LogP contribution in [0.5, 0.6) is 0 Å². The molecular formula is C13H9F2N3O3. The first-order chi connectivity index (χ1) is 10.0. The van der Waals surface area contributed by atoms with Gasteiger partial charge in [-0.15, -0.1) is 4.91 Å². The second kappa shape index (κ2) is 6.04. The van der Waals surface area contributed by atoms with Gasteiger partial charge in [-0.2, -0.15) is 0 Å². The molecule has 0 radical (unpaired) electrons. The lowest BCUT2D eigenvalue weighted by Crippen LogP contribution is -2.31. The van der Waals surface area contributed by atoms with Crippen LogP contribution in [0.3, 0.4) is 0 Å². The monoisotopic (exact) mass is 293 g/mol. The minimum Gasteiger partial charge on any atom is -0.296 e. The third-order valence-electron chi connectivity index (χ3n) is 2.69. The number of nitrogens with one attached hydrogen (secondary N) is 1. The van der Waals surface area contributed by atoms with Crippen molar-refractivity contribution in [3.05, 3.63) is 79.1 Å². The van der Waals surface area contributed by atoms with Crippen molar-refractivity contribution in [2.24, 2.45) is 5.18 Å². The Balaban J connectivity index is 2.41. The van der Waals surface area contributed by atoms with Crippen LogP contribution >= 0.6 is 0 Å². The summed E-state index contributed by atoms with van der Waals surface area (Å²) in [5.41, 5.74) is -1.01. The highest BCUT2D eigenvalue weighted by Gasteiger charge is 2.06. The number of hydrogen-bond acceptors (Lipinski definition) is 4. The van der Waals surface area contributed by atoms with Crippen molar-refractivity contribution < 1.29 is 8.78 Å². The largest absolute Gasteiger partial charge is 0.328 e. The molecule has 2 aromatic rings. The van der Waals surface area contributed by atoms with Crippen LogP contribution < -0.4 is 11.2 Å². The number of rotatable bonds is 4. The molecule has 0 atom stereocenters. The minimum atomic E-state index is -1.03. The van der Waals surface area contributed by atoms with E-state index in [1.807, 2.05) is 0 Å². The van der Waals surface area contributed by atoms with Crippen molar-refractivity contribution in [2.75, 3.05) is 0 Å². The van der Waals surface area contributed by atoms with Crippen LogP contribution in [0.15, 0.2) is 45.4 Å². The highest BCUT2D eigenvalue weighted by atomic mass is 19.2. The highest BCUT2D eigenvalue weighted by Crippen LogP contribution is 2.09. The van der Waals surface area contributed by atoms with Gasteiger partial charge in [-0.05, 0) is 28.9 Å². The standard InChI is InChI=1S/C13H9F2N3O3/c14-10-2-1-8(5-11(10)15)6-18-7-9(3-4-16-21)12(19)17-13(18)20/h1-5,7H,6H2,(H,17,19,20)/b4-3+. The van der Waals surface area contributed by atoms with Gasteiger partial charge >= 0.3 is 5.69 Å². The topological polar surface area (TPSA) is 84.3 Å². The predicted molar refractivity (Wildman–Crippen MR) is 71.6 cm³/mol. The molecule has 0 aliphatic carbocycles. The Kier molecular flexibility index (Phi) is 4.17. The number of nitrogens with zero attached hydrogens (tertiary/aromatic N) is 2. The summed E-state index contributed by atoms with van der Waals surface area (Å²) >= 11 is 0. The van der Waals surface area contributed by atoms with Gasteiger partial charge in [0.15, 0.2) is 11.6 Å². The number of nitroso groups, excluding NO2 is 1. The Morgan fingerprint density at radius 1 is 1.24 bits per heavy atom. The van der Waals surface area contributed by atoms with Crippen molar-refractivity contribution in [3.8, 4) is 0 Å². The van der Waals surface area contributed by atoms with Crippen LogP contribution in [0.25, 0.3) is 6.08 Å². The second-order valence-corrected chi connectivity index (χ2v) is 4.14. The van der Waals surface area contributed by atoms with Crippen molar-refractivity contribution in [1.82, 2.24) is 9.55 Å². The van der Waals surface area contributed by atoms with E-state index in [4.69, 9.17) is 0 Å². The molecule has 0 saturated carbocycles. The van der Waals surface area contributed by atoms with Gasteiger partial charge in [-0.3, -0.25) is 14.3 Å². The lowest BCUT2D eigenvalue weighted by atomic mass is 10.2. The zero-order valence-corrected chi connectivity index (χ0v) is 10.5. The first-order valence-electron chi connectivity index (χ1n) is 5.78. The van der Waals surface area contributed by atoms with E-state index in [-0.39, 0.29) is 12.1 Å². The number of benzene rings is 1. The van der Waals surface area contributed by atoms with Crippen LogP contribution in [0.2, 0.25) is 0 Å². The van der Waals surface area contributed by atoms with E-state index >= 15 is 0 Å². The van der Waals surface area contributed by atoms with Gasteiger partial charge < -0.3 is 0 Å². The summed E-state index contributed by atoms with van der Waals surface area (Å²) in [6.45, 7) is -0.0673. The lowest BCUT2D eigenvalue weighted by molar-refractivity contribution is 0.506. The zero-order chi connectivity index (χ0) is 15.4. The molecular weight excluding hydrogens is 284 g/mol. The van der Waals surface area contributed by atoms with E-state index in [0.717, 1.165) is 29.0 Å². The third-order valence-corrected chi connectivity index (χ3v) is 2.69. The van der Waals surface area contributed by atoms with Gasteiger partial charge in [0, 0.05) is 6.20 Å². The van der Waals surface area contributed by atoms with Crippen LogP contribution in [0.4, 0.5) is 8.78 Å². The fourth-order valence-corrected chi connectivity index (χ4v) is 1.71. The molecule has 0 aliphatic rings. The Morgan fingerprint density at radius 3 is 2.67 bits per heavy atom. The molecule has 0 spiro atoms. The van der Waals surface area contributed by atoms with E-state index in [1.165, 1.54) is 12.3 Å². The SMILES string of the molecule is O=N/C=C/c1cn(Cc2ccc(F)c(F)c2)c(=O)[nH]c1=O. The molecule has 108 valence electrons. The number of H-pyrrole nitrogens is 1. The Hall–Kier alpha value is -2.90. The summed E-state index contributed by atoms with van der Waals surface area (Å²) in [4.78, 5) is 35.2. The Bertz CT molecular complexity index is 824. The molecule has 1 N–H and O–H groups in total. The molecule has 1 aromatic carbocycles. The van der Waals surface area contributed by atoms with Crippen molar-refractivity contribution in [3.63, 3.8) is 0 Å². The average molecular weight is 293 g/mol. The molecule has 0 aliphatic heterocycles. The summed E-state index contributed by atoms with van der Waals surface area (Å²) in [5, 5.41) is 2.47. The summed E-state index contributed by atoms with van der Waals surface area (Å²) in [6.07, 6.45) is 3.19. The maximum Gasteiger partial charge on any atom is 0.328 e. The van der Waals surface area contributed by atoms with Crippen molar-refractivity contribution >= 4 is 6.08 Å². The molecule has 1 aromatic heterocycles. The number of halogens is 2. The molecule has 0 unspecified atom stereocenters. The highest BCUT2D eigenvalue weighted by molar-refractivity contribution is 5.45. The van der Waals surface area contributed by atoms with Gasteiger partial charge in [0.1, 0.15) is 0 Å².